The molecule has 0 unspecified atom stereocenters. The lowest BCUT2D eigenvalue weighted by Gasteiger charge is -2.07. The number of nitrogens with one attached hydrogen (secondary N) is 1. The first-order valence-corrected chi connectivity index (χ1v) is 4.56. The third-order valence-electron chi connectivity index (χ3n) is 2.08. The second-order valence-corrected chi connectivity index (χ2v) is 3.24. The van der Waals surface area contributed by atoms with Gasteiger partial charge in [0.15, 0.2) is 5.82 Å². The van der Waals surface area contributed by atoms with Crippen LogP contribution in [0.15, 0.2) is 30.6 Å². The van der Waals surface area contributed by atoms with Crippen LogP contribution in [-0.2, 0) is 6.18 Å². The summed E-state index contributed by atoms with van der Waals surface area (Å²) < 4.78 is 37.3. The highest BCUT2D eigenvalue weighted by Gasteiger charge is 2.31. The second kappa shape index (κ2) is 4.00. The van der Waals surface area contributed by atoms with Crippen molar-refractivity contribution in [3.05, 3.63) is 47.5 Å². The molecule has 1 heterocycles. The van der Waals surface area contributed by atoms with Gasteiger partial charge in [-0.1, -0.05) is 12.1 Å². The van der Waals surface area contributed by atoms with Crippen molar-refractivity contribution < 1.29 is 18.0 Å². The van der Waals surface area contributed by atoms with E-state index in [1.807, 2.05) is 0 Å². The normalized spacial score (nSPS) is 11.5. The molecule has 0 fully saturated rings. The summed E-state index contributed by atoms with van der Waals surface area (Å²) in [6.07, 6.45) is -3.36. The Morgan fingerprint density at radius 2 is 2.06 bits per heavy atom. The molecule has 4 nitrogen and oxygen atoms in total. The Bertz CT molecular complexity index is 534. The average Bonchev–Trinajstić information content (AvgIpc) is 2.80. The summed E-state index contributed by atoms with van der Waals surface area (Å²) >= 11 is 0. The summed E-state index contributed by atoms with van der Waals surface area (Å²) in [6.45, 7) is 0. The minimum Gasteiger partial charge on any atom is -0.285 e. The van der Waals surface area contributed by atoms with Gasteiger partial charge in [-0.05, 0) is 12.1 Å². The molecule has 0 atom stereocenters. The number of carbonyl (C=O) groups is 1. The Hall–Kier alpha value is -2.18. The monoisotopic (exact) mass is 241 g/mol. The van der Waals surface area contributed by atoms with Gasteiger partial charge < -0.3 is 0 Å². The van der Waals surface area contributed by atoms with Gasteiger partial charge in [0.05, 0.1) is 5.56 Å². The summed E-state index contributed by atoms with van der Waals surface area (Å²) in [7, 11) is 0. The molecule has 0 spiro atoms. The molecule has 0 amide bonds. The van der Waals surface area contributed by atoms with Crippen molar-refractivity contribution >= 4 is 5.78 Å². The number of halogens is 3. The molecular weight excluding hydrogens is 235 g/mol. The van der Waals surface area contributed by atoms with E-state index in [9.17, 15) is 18.0 Å². The number of aromatic amines is 1. The van der Waals surface area contributed by atoms with Crippen molar-refractivity contribution in [2.24, 2.45) is 0 Å². The van der Waals surface area contributed by atoms with Crippen molar-refractivity contribution in [2.45, 2.75) is 6.18 Å². The van der Waals surface area contributed by atoms with Crippen LogP contribution in [0.5, 0.6) is 0 Å². The number of alkyl halides is 3. The zero-order chi connectivity index (χ0) is 12.5. The molecule has 0 bridgehead atoms. The van der Waals surface area contributed by atoms with Crippen LogP contribution in [0.25, 0.3) is 0 Å². The van der Waals surface area contributed by atoms with E-state index in [2.05, 4.69) is 15.2 Å². The first-order valence-electron chi connectivity index (χ1n) is 4.56. The molecule has 2 aromatic rings. The van der Waals surface area contributed by atoms with Gasteiger partial charge in [0.2, 0.25) is 5.78 Å². The van der Waals surface area contributed by atoms with Crippen molar-refractivity contribution in [3.63, 3.8) is 0 Å². The van der Waals surface area contributed by atoms with Gasteiger partial charge in [-0.15, -0.1) is 0 Å². The van der Waals surface area contributed by atoms with Gasteiger partial charge >= 0.3 is 6.18 Å². The van der Waals surface area contributed by atoms with Crippen LogP contribution in [0.1, 0.15) is 21.7 Å². The molecule has 0 aliphatic carbocycles. The van der Waals surface area contributed by atoms with Crippen LogP contribution < -0.4 is 0 Å². The molecule has 88 valence electrons. The van der Waals surface area contributed by atoms with Gasteiger partial charge in [0.25, 0.3) is 0 Å². The minimum absolute atomic E-state index is 0.0865. The third-order valence-corrected chi connectivity index (χ3v) is 2.08. The van der Waals surface area contributed by atoms with Crippen LogP contribution in [0.4, 0.5) is 13.2 Å². The Labute approximate surface area is 93.5 Å². The smallest absolute Gasteiger partial charge is 0.285 e. The molecule has 7 heteroatoms. The summed E-state index contributed by atoms with van der Waals surface area (Å²) in [5, 5.41) is 5.76. The molecule has 1 aromatic heterocycles. The number of H-pyrrole nitrogens is 1. The van der Waals surface area contributed by atoms with E-state index in [4.69, 9.17) is 0 Å². The fourth-order valence-corrected chi connectivity index (χ4v) is 1.29. The highest BCUT2D eigenvalue weighted by molar-refractivity contribution is 6.06. The molecule has 1 N–H and O–H groups in total. The van der Waals surface area contributed by atoms with Gasteiger partial charge in [-0.25, -0.2) is 4.98 Å². The Balaban J connectivity index is 2.38. The van der Waals surface area contributed by atoms with Gasteiger partial charge in [-0.2, -0.15) is 18.3 Å². The predicted molar refractivity (Wildman–Crippen MR) is 51.3 cm³/mol. The number of nitrogens with zero attached hydrogens (tertiary/aromatic N) is 2. The van der Waals surface area contributed by atoms with Gasteiger partial charge in [0, 0.05) is 5.56 Å². The maximum Gasteiger partial charge on any atom is 0.416 e. The van der Waals surface area contributed by atoms with E-state index in [1.165, 1.54) is 12.1 Å². The highest BCUT2D eigenvalue weighted by atomic mass is 19.4. The van der Waals surface area contributed by atoms with Crippen LogP contribution in [0.3, 0.4) is 0 Å². The molecular formula is C10H6F3N3O. The van der Waals surface area contributed by atoms with E-state index in [0.29, 0.717) is 0 Å². The summed E-state index contributed by atoms with van der Waals surface area (Å²) in [5.41, 5.74) is -0.959. The number of benzene rings is 1. The summed E-state index contributed by atoms with van der Waals surface area (Å²) in [6, 6.07) is 4.15. The molecule has 0 saturated carbocycles. The van der Waals surface area contributed by atoms with Crippen LogP contribution in [0, 0.1) is 0 Å². The quantitative estimate of drug-likeness (QED) is 0.818. The molecule has 1 aromatic carbocycles. The molecule has 2 rings (SSSR count). The lowest BCUT2D eigenvalue weighted by molar-refractivity contribution is -0.137. The standard InChI is InChI=1S/C10H6F3N3O/c11-10(12,13)7-3-1-2-6(4-7)8(17)9-14-5-15-16-9/h1-5H,(H,14,15,16). The van der Waals surface area contributed by atoms with Crippen LogP contribution in [-0.4, -0.2) is 21.0 Å². The molecule has 0 aliphatic heterocycles. The van der Waals surface area contributed by atoms with E-state index in [-0.39, 0.29) is 11.4 Å². The lowest BCUT2D eigenvalue weighted by atomic mass is 10.1. The molecule has 17 heavy (non-hydrogen) atoms. The average molecular weight is 241 g/mol. The number of hydrogen-bond acceptors (Lipinski definition) is 3. The molecule has 0 radical (unpaired) electrons. The van der Waals surface area contributed by atoms with E-state index in [0.717, 1.165) is 18.5 Å². The third kappa shape index (κ3) is 2.32. The predicted octanol–water partition coefficient (Wildman–Crippen LogP) is 2.05. The summed E-state index contributed by atoms with van der Waals surface area (Å²) in [5.74, 6) is -0.724. The zero-order valence-corrected chi connectivity index (χ0v) is 8.32. The summed E-state index contributed by atoms with van der Waals surface area (Å²) in [4.78, 5) is 15.3. The number of carbonyl (C=O) groups excluding carboxylic acids is 1. The SMILES string of the molecule is O=C(c1cccc(C(F)(F)F)c1)c1ncn[nH]1. The highest BCUT2D eigenvalue weighted by Crippen LogP contribution is 2.29. The van der Waals surface area contributed by atoms with Crippen LogP contribution in [0.2, 0.25) is 0 Å². The van der Waals surface area contributed by atoms with Gasteiger partial charge in [0.1, 0.15) is 6.33 Å². The number of aromatic nitrogens is 3. The number of ketones is 1. The van der Waals surface area contributed by atoms with Crippen molar-refractivity contribution in [1.82, 2.24) is 15.2 Å². The first-order chi connectivity index (χ1) is 7.98. The number of hydrogen-bond donors (Lipinski definition) is 1. The Morgan fingerprint density at radius 3 is 2.65 bits per heavy atom. The van der Waals surface area contributed by atoms with Crippen molar-refractivity contribution in [2.75, 3.05) is 0 Å². The first kappa shape index (κ1) is 11.3. The lowest BCUT2D eigenvalue weighted by Crippen LogP contribution is -2.09. The van der Waals surface area contributed by atoms with E-state index in [1.54, 1.807) is 0 Å². The largest absolute Gasteiger partial charge is 0.416 e. The second-order valence-electron chi connectivity index (χ2n) is 3.24. The van der Waals surface area contributed by atoms with Crippen molar-refractivity contribution in [1.29, 1.82) is 0 Å². The maximum absolute atomic E-state index is 12.4. The van der Waals surface area contributed by atoms with E-state index >= 15 is 0 Å². The van der Waals surface area contributed by atoms with Gasteiger partial charge in [-0.3, -0.25) is 9.89 Å². The molecule has 0 saturated heterocycles. The topological polar surface area (TPSA) is 58.6 Å². The Kier molecular flexibility index (Phi) is 2.66. The molecule has 0 aliphatic rings. The maximum atomic E-state index is 12.4. The Morgan fingerprint density at radius 1 is 1.29 bits per heavy atom. The minimum atomic E-state index is -4.47. The number of rotatable bonds is 2. The zero-order valence-electron chi connectivity index (χ0n) is 8.32. The fraction of sp³-hybridized carbons (Fsp3) is 0.100. The van der Waals surface area contributed by atoms with Crippen LogP contribution >= 0.6 is 0 Å². The fourth-order valence-electron chi connectivity index (χ4n) is 1.29. The van der Waals surface area contributed by atoms with Crippen molar-refractivity contribution in [3.8, 4) is 0 Å². The van der Waals surface area contributed by atoms with E-state index < -0.39 is 17.5 Å².